The number of rotatable bonds is 6. The minimum Gasteiger partial charge on any atom is -0.383 e. The van der Waals surface area contributed by atoms with E-state index in [4.69, 9.17) is 10.5 Å². The Hall–Kier alpha value is -1.44. The lowest BCUT2D eigenvalue weighted by molar-refractivity contribution is -0.121. The molecule has 0 unspecified atom stereocenters. The van der Waals surface area contributed by atoms with Crippen molar-refractivity contribution in [1.82, 2.24) is 4.90 Å². The number of methoxy groups -OCH3 is 1. The van der Waals surface area contributed by atoms with E-state index in [-0.39, 0.29) is 17.7 Å². The van der Waals surface area contributed by atoms with Gasteiger partial charge in [-0.3, -0.25) is 4.79 Å². The van der Waals surface area contributed by atoms with Gasteiger partial charge in [0, 0.05) is 26.7 Å². The first-order valence-corrected chi connectivity index (χ1v) is 9.14. The number of piperidine rings is 1. The fraction of sp³-hybridized carbons (Fsp3) is 0.562. The minimum absolute atomic E-state index is 0.159. The highest BCUT2D eigenvalue weighted by molar-refractivity contribution is 7.93. The fourth-order valence-electron chi connectivity index (χ4n) is 2.95. The standard InChI is InChI=1S/C16H24N2O4S/c1-13-3-5-14(6-4-13)23(20,21)16(15(17)19)7-9-18(10-8-16)11-12-22-2/h3-6H,7-12H2,1-2H3,(H2,17,19). The molecule has 1 aliphatic rings. The van der Waals surface area contributed by atoms with Crippen molar-refractivity contribution in [3.8, 4) is 0 Å². The molecule has 1 saturated heterocycles. The van der Waals surface area contributed by atoms with E-state index < -0.39 is 20.5 Å². The van der Waals surface area contributed by atoms with Crippen LogP contribution in [-0.4, -0.2) is 57.3 Å². The molecule has 0 bridgehead atoms. The summed E-state index contributed by atoms with van der Waals surface area (Å²) in [5.74, 6) is -0.760. The van der Waals surface area contributed by atoms with E-state index in [2.05, 4.69) is 4.90 Å². The van der Waals surface area contributed by atoms with Crippen molar-refractivity contribution in [2.75, 3.05) is 33.4 Å². The molecule has 0 aliphatic carbocycles. The van der Waals surface area contributed by atoms with Gasteiger partial charge >= 0.3 is 0 Å². The Kier molecular flexibility index (Phi) is 5.44. The number of ether oxygens (including phenoxy) is 1. The van der Waals surface area contributed by atoms with Crippen molar-refractivity contribution < 1.29 is 17.9 Å². The molecule has 1 fully saturated rings. The molecule has 0 radical (unpaired) electrons. The fourth-order valence-corrected chi connectivity index (χ4v) is 4.88. The van der Waals surface area contributed by atoms with Crippen molar-refractivity contribution in [2.24, 2.45) is 5.73 Å². The summed E-state index contributed by atoms with van der Waals surface area (Å²) in [5.41, 5.74) is 6.50. The molecule has 1 aromatic rings. The van der Waals surface area contributed by atoms with Crippen LogP contribution in [0.1, 0.15) is 18.4 Å². The summed E-state index contributed by atoms with van der Waals surface area (Å²) in [4.78, 5) is 14.3. The quantitative estimate of drug-likeness (QED) is 0.825. The number of nitrogens with zero attached hydrogens (tertiary/aromatic N) is 1. The summed E-state index contributed by atoms with van der Waals surface area (Å²) in [5, 5.41) is 0. The van der Waals surface area contributed by atoms with Crippen molar-refractivity contribution in [2.45, 2.75) is 29.4 Å². The van der Waals surface area contributed by atoms with Crippen LogP contribution in [-0.2, 0) is 19.4 Å². The summed E-state index contributed by atoms with van der Waals surface area (Å²) in [6.45, 7) is 4.20. The second kappa shape index (κ2) is 6.98. The van der Waals surface area contributed by atoms with Gasteiger partial charge < -0.3 is 15.4 Å². The molecule has 1 aliphatic heterocycles. The maximum Gasteiger partial charge on any atom is 0.239 e. The van der Waals surface area contributed by atoms with Gasteiger partial charge in [-0.2, -0.15) is 0 Å². The maximum absolute atomic E-state index is 13.0. The van der Waals surface area contributed by atoms with Crippen LogP contribution in [0.15, 0.2) is 29.2 Å². The highest BCUT2D eigenvalue weighted by Gasteiger charge is 2.51. The highest BCUT2D eigenvalue weighted by atomic mass is 32.2. The van der Waals surface area contributed by atoms with E-state index >= 15 is 0 Å². The summed E-state index contributed by atoms with van der Waals surface area (Å²) >= 11 is 0. The minimum atomic E-state index is -3.82. The zero-order chi connectivity index (χ0) is 17.1. The molecule has 7 heteroatoms. The van der Waals surface area contributed by atoms with E-state index in [1.807, 2.05) is 6.92 Å². The van der Waals surface area contributed by atoms with Gasteiger partial charge in [-0.25, -0.2) is 8.42 Å². The van der Waals surface area contributed by atoms with Crippen LogP contribution in [0.25, 0.3) is 0 Å². The average molecular weight is 340 g/mol. The van der Waals surface area contributed by atoms with Gasteiger partial charge in [0.15, 0.2) is 14.6 Å². The largest absolute Gasteiger partial charge is 0.383 e. The normalized spacial score (nSPS) is 18.7. The molecular formula is C16H24N2O4S. The first kappa shape index (κ1) is 17.9. The van der Waals surface area contributed by atoms with Crippen LogP contribution in [0, 0.1) is 6.92 Å². The number of aryl methyl sites for hydroxylation is 1. The van der Waals surface area contributed by atoms with E-state index in [0.29, 0.717) is 19.7 Å². The number of hydrogen-bond donors (Lipinski definition) is 1. The average Bonchev–Trinajstić information content (AvgIpc) is 2.53. The number of nitrogens with two attached hydrogens (primary N) is 1. The van der Waals surface area contributed by atoms with Crippen molar-refractivity contribution in [3.05, 3.63) is 29.8 Å². The first-order chi connectivity index (χ1) is 10.8. The Bertz CT molecular complexity index is 647. The predicted molar refractivity (Wildman–Crippen MR) is 87.8 cm³/mol. The van der Waals surface area contributed by atoms with Gasteiger partial charge in [0.1, 0.15) is 0 Å². The smallest absolute Gasteiger partial charge is 0.239 e. The number of sulfone groups is 1. The SMILES string of the molecule is COCCN1CCC(C(N)=O)(S(=O)(=O)c2ccc(C)cc2)CC1. The second-order valence-electron chi connectivity index (χ2n) is 6.01. The van der Waals surface area contributed by atoms with Crippen LogP contribution < -0.4 is 5.73 Å². The molecule has 2 N–H and O–H groups in total. The second-order valence-corrected chi connectivity index (χ2v) is 8.27. The van der Waals surface area contributed by atoms with Crippen molar-refractivity contribution >= 4 is 15.7 Å². The molecule has 23 heavy (non-hydrogen) atoms. The van der Waals surface area contributed by atoms with E-state index in [0.717, 1.165) is 12.1 Å². The molecule has 1 aromatic carbocycles. The molecule has 2 rings (SSSR count). The lowest BCUT2D eigenvalue weighted by atomic mass is 9.95. The Morgan fingerprint density at radius 2 is 1.83 bits per heavy atom. The Balaban J connectivity index is 2.28. The van der Waals surface area contributed by atoms with Crippen LogP contribution in [0.2, 0.25) is 0 Å². The van der Waals surface area contributed by atoms with Crippen LogP contribution in [0.3, 0.4) is 0 Å². The number of carbonyl (C=O) groups is 1. The molecular weight excluding hydrogens is 316 g/mol. The van der Waals surface area contributed by atoms with Crippen molar-refractivity contribution in [1.29, 1.82) is 0 Å². The monoisotopic (exact) mass is 340 g/mol. The summed E-state index contributed by atoms with van der Waals surface area (Å²) in [6, 6.07) is 6.56. The zero-order valence-electron chi connectivity index (χ0n) is 13.6. The highest BCUT2D eigenvalue weighted by Crippen LogP contribution is 2.35. The van der Waals surface area contributed by atoms with E-state index in [9.17, 15) is 13.2 Å². The summed E-state index contributed by atoms with van der Waals surface area (Å²) < 4.78 is 29.6. The number of primary amides is 1. The lowest BCUT2D eigenvalue weighted by Crippen LogP contribution is -2.57. The predicted octanol–water partition coefficient (Wildman–Crippen LogP) is 0.735. The lowest BCUT2D eigenvalue weighted by Gasteiger charge is -2.38. The molecule has 6 nitrogen and oxygen atoms in total. The molecule has 0 spiro atoms. The van der Waals surface area contributed by atoms with Gasteiger partial charge in [0.05, 0.1) is 11.5 Å². The molecule has 1 heterocycles. The number of carbonyl (C=O) groups excluding carboxylic acids is 1. The molecule has 1 amide bonds. The van der Waals surface area contributed by atoms with Crippen LogP contribution >= 0.6 is 0 Å². The Morgan fingerprint density at radius 1 is 1.26 bits per heavy atom. The topological polar surface area (TPSA) is 89.7 Å². The maximum atomic E-state index is 13.0. The molecule has 0 aromatic heterocycles. The van der Waals surface area contributed by atoms with Gasteiger partial charge in [-0.05, 0) is 31.9 Å². The van der Waals surface area contributed by atoms with Crippen LogP contribution in [0.5, 0.6) is 0 Å². The van der Waals surface area contributed by atoms with Gasteiger partial charge in [0.2, 0.25) is 5.91 Å². The van der Waals surface area contributed by atoms with Gasteiger partial charge in [0.25, 0.3) is 0 Å². The number of amides is 1. The molecule has 0 atom stereocenters. The van der Waals surface area contributed by atoms with Crippen LogP contribution in [0.4, 0.5) is 0 Å². The van der Waals surface area contributed by atoms with Gasteiger partial charge in [-0.1, -0.05) is 17.7 Å². The van der Waals surface area contributed by atoms with E-state index in [1.165, 1.54) is 0 Å². The first-order valence-electron chi connectivity index (χ1n) is 7.66. The number of hydrogen-bond acceptors (Lipinski definition) is 5. The zero-order valence-corrected chi connectivity index (χ0v) is 14.4. The van der Waals surface area contributed by atoms with Crippen molar-refractivity contribution in [3.63, 3.8) is 0 Å². The summed E-state index contributed by atoms with van der Waals surface area (Å²) in [7, 11) is -2.19. The third-order valence-electron chi connectivity index (χ3n) is 4.57. The third-order valence-corrected chi connectivity index (χ3v) is 7.10. The Morgan fingerprint density at radius 3 is 2.30 bits per heavy atom. The number of benzene rings is 1. The van der Waals surface area contributed by atoms with E-state index in [1.54, 1.807) is 31.4 Å². The summed E-state index contributed by atoms with van der Waals surface area (Å²) in [6.07, 6.45) is 0.421. The Labute approximate surface area is 137 Å². The third kappa shape index (κ3) is 3.41. The molecule has 128 valence electrons. The number of likely N-dealkylation sites (tertiary alicyclic amines) is 1. The van der Waals surface area contributed by atoms with Gasteiger partial charge in [-0.15, -0.1) is 0 Å². The molecule has 0 saturated carbocycles.